The van der Waals surface area contributed by atoms with Crippen LogP contribution in [0.2, 0.25) is 0 Å². The lowest BCUT2D eigenvalue weighted by molar-refractivity contribution is 0.632. The Bertz CT molecular complexity index is 566. The third kappa shape index (κ3) is 1.55. The number of para-hydroxylation sites is 2. The lowest BCUT2D eigenvalue weighted by atomic mass is 10.2. The van der Waals surface area contributed by atoms with Gasteiger partial charge >= 0.3 is 0 Å². The van der Waals surface area contributed by atoms with E-state index in [1.54, 1.807) is 6.07 Å². The second-order valence-electron chi connectivity index (χ2n) is 4.20. The monoisotopic (exact) mass is 228 g/mol. The number of hydrogen-bond acceptors (Lipinski definition) is 2. The standard InChI is InChI=1S/C14H13FN2/c15-11-5-3-7-13(14(11)16)17-9-8-10-4-1-2-6-12(10)17/h1-7H,8-9,16H2. The van der Waals surface area contributed by atoms with Crippen LogP contribution in [0.25, 0.3) is 0 Å². The number of fused-ring (bicyclic) bond motifs is 1. The largest absolute Gasteiger partial charge is 0.395 e. The van der Waals surface area contributed by atoms with E-state index in [4.69, 9.17) is 5.73 Å². The van der Waals surface area contributed by atoms with E-state index < -0.39 is 0 Å². The molecule has 3 rings (SSSR count). The van der Waals surface area contributed by atoms with Crippen molar-refractivity contribution in [2.75, 3.05) is 17.2 Å². The molecule has 17 heavy (non-hydrogen) atoms. The molecule has 0 aromatic heterocycles. The SMILES string of the molecule is Nc1c(F)cccc1N1CCc2ccccc21. The molecule has 0 amide bonds. The first kappa shape index (κ1) is 10.1. The summed E-state index contributed by atoms with van der Waals surface area (Å²) < 4.78 is 13.5. The molecule has 2 aromatic carbocycles. The van der Waals surface area contributed by atoms with Crippen LogP contribution in [0.4, 0.5) is 21.5 Å². The maximum atomic E-state index is 13.5. The summed E-state index contributed by atoms with van der Waals surface area (Å²) in [6.45, 7) is 0.854. The zero-order valence-electron chi connectivity index (χ0n) is 9.36. The van der Waals surface area contributed by atoms with E-state index in [1.807, 2.05) is 24.3 Å². The predicted molar refractivity (Wildman–Crippen MR) is 68.0 cm³/mol. The molecule has 0 saturated carbocycles. The summed E-state index contributed by atoms with van der Waals surface area (Å²) in [6.07, 6.45) is 0.978. The fourth-order valence-corrected chi connectivity index (χ4v) is 2.35. The van der Waals surface area contributed by atoms with Gasteiger partial charge in [-0.3, -0.25) is 0 Å². The molecule has 0 bridgehead atoms. The van der Waals surface area contributed by atoms with Gasteiger partial charge in [0.15, 0.2) is 0 Å². The smallest absolute Gasteiger partial charge is 0.148 e. The fraction of sp³-hybridized carbons (Fsp3) is 0.143. The number of nitrogens with zero attached hydrogens (tertiary/aromatic N) is 1. The molecular weight excluding hydrogens is 215 g/mol. The van der Waals surface area contributed by atoms with Crippen molar-refractivity contribution in [3.05, 3.63) is 53.8 Å². The molecule has 1 aliphatic rings. The Morgan fingerprint density at radius 1 is 1.00 bits per heavy atom. The van der Waals surface area contributed by atoms with E-state index in [0.29, 0.717) is 0 Å². The molecule has 1 aliphatic heterocycles. The van der Waals surface area contributed by atoms with Crippen LogP contribution in [-0.2, 0) is 6.42 Å². The highest BCUT2D eigenvalue weighted by Gasteiger charge is 2.21. The Morgan fingerprint density at radius 2 is 1.76 bits per heavy atom. The quantitative estimate of drug-likeness (QED) is 0.760. The van der Waals surface area contributed by atoms with E-state index >= 15 is 0 Å². The summed E-state index contributed by atoms with van der Waals surface area (Å²) in [4.78, 5) is 2.08. The molecule has 86 valence electrons. The Labute approximate surface area is 99.5 Å². The van der Waals surface area contributed by atoms with E-state index in [9.17, 15) is 4.39 Å². The van der Waals surface area contributed by atoms with Gasteiger partial charge in [0.25, 0.3) is 0 Å². The topological polar surface area (TPSA) is 29.3 Å². The number of halogens is 1. The second kappa shape index (κ2) is 3.77. The number of benzene rings is 2. The van der Waals surface area contributed by atoms with Crippen molar-refractivity contribution in [3.63, 3.8) is 0 Å². The van der Waals surface area contributed by atoms with Crippen LogP contribution in [0.3, 0.4) is 0 Å². The van der Waals surface area contributed by atoms with E-state index in [0.717, 1.165) is 24.3 Å². The second-order valence-corrected chi connectivity index (χ2v) is 4.20. The molecule has 1 heterocycles. The van der Waals surface area contributed by atoms with Gasteiger partial charge in [-0.1, -0.05) is 24.3 Å². The molecule has 3 heteroatoms. The predicted octanol–water partition coefficient (Wildman–Crippen LogP) is 3.10. The van der Waals surface area contributed by atoms with Gasteiger partial charge in [0.05, 0.1) is 11.4 Å². The van der Waals surface area contributed by atoms with Crippen LogP contribution in [0, 0.1) is 5.82 Å². The molecule has 0 spiro atoms. The third-order valence-corrected chi connectivity index (χ3v) is 3.21. The maximum absolute atomic E-state index is 13.5. The van der Waals surface area contributed by atoms with Gasteiger partial charge < -0.3 is 10.6 Å². The molecule has 0 fully saturated rings. The Hall–Kier alpha value is -2.03. The van der Waals surface area contributed by atoms with Gasteiger partial charge in [-0.25, -0.2) is 4.39 Å². The maximum Gasteiger partial charge on any atom is 0.148 e. The van der Waals surface area contributed by atoms with Crippen molar-refractivity contribution in [1.82, 2.24) is 0 Å². The summed E-state index contributed by atoms with van der Waals surface area (Å²) in [5, 5.41) is 0. The number of hydrogen-bond donors (Lipinski definition) is 1. The number of nitrogen functional groups attached to an aromatic ring is 1. The minimum atomic E-state index is -0.355. The minimum absolute atomic E-state index is 0.226. The summed E-state index contributed by atoms with van der Waals surface area (Å²) in [6, 6.07) is 13.1. The van der Waals surface area contributed by atoms with Crippen molar-refractivity contribution in [2.45, 2.75) is 6.42 Å². The van der Waals surface area contributed by atoms with Gasteiger partial charge in [-0.15, -0.1) is 0 Å². The van der Waals surface area contributed by atoms with Crippen LogP contribution in [0.1, 0.15) is 5.56 Å². The summed E-state index contributed by atoms with van der Waals surface area (Å²) in [5.74, 6) is -0.355. The molecule has 0 atom stereocenters. The lowest BCUT2D eigenvalue weighted by Gasteiger charge is -2.21. The number of nitrogens with two attached hydrogens (primary N) is 1. The highest BCUT2D eigenvalue weighted by Crippen LogP contribution is 2.37. The summed E-state index contributed by atoms with van der Waals surface area (Å²) >= 11 is 0. The molecular formula is C14H13FN2. The van der Waals surface area contributed by atoms with Crippen LogP contribution < -0.4 is 10.6 Å². The molecule has 0 aliphatic carbocycles. The normalized spacial score (nSPS) is 13.8. The van der Waals surface area contributed by atoms with Gasteiger partial charge in [-0.2, -0.15) is 0 Å². The van der Waals surface area contributed by atoms with Crippen LogP contribution in [0.15, 0.2) is 42.5 Å². The van der Waals surface area contributed by atoms with E-state index in [-0.39, 0.29) is 11.5 Å². The third-order valence-electron chi connectivity index (χ3n) is 3.21. The number of anilines is 3. The fourth-order valence-electron chi connectivity index (χ4n) is 2.35. The van der Waals surface area contributed by atoms with Crippen LogP contribution in [-0.4, -0.2) is 6.54 Å². The zero-order chi connectivity index (χ0) is 11.8. The van der Waals surface area contributed by atoms with Gasteiger partial charge in [0.2, 0.25) is 0 Å². The minimum Gasteiger partial charge on any atom is -0.395 e. The van der Waals surface area contributed by atoms with Crippen molar-refractivity contribution in [1.29, 1.82) is 0 Å². The van der Waals surface area contributed by atoms with Gasteiger partial charge in [0.1, 0.15) is 5.82 Å². The van der Waals surface area contributed by atoms with E-state index in [2.05, 4.69) is 11.0 Å². The average Bonchev–Trinajstić information content (AvgIpc) is 2.77. The van der Waals surface area contributed by atoms with E-state index in [1.165, 1.54) is 11.6 Å². The Kier molecular flexibility index (Phi) is 2.25. The molecule has 0 radical (unpaired) electrons. The first-order valence-corrected chi connectivity index (χ1v) is 5.67. The van der Waals surface area contributed by atoms with Crippen molar-refractivity contribution in [3.8, 4) is 0 Å². The Morgan fingerprint density at radius 3 is 2.65 bits per heavy atom. The van der Waals surface area contributed by atoms with Crippen LogP contribution >= 0.6 is 0 Å². The van der Waals surface area contributed by atoms with Crippen molar-refractivity contribution in [2.24, 2.45) is 0 Å². The van der Waals surface area contributed by atoms with Gasteiger partial charge in [-0.05, 0) is 30.2 Å². The van der Waals surface area contributed by atoms with Crippen LogP contribution in [0.5, 0.6) is 0 Å². The zero-order valence-corrected chi connectivity index (χ0v) is 9.36. The number of rotatable bonds is 1. The molecule has 2 N–H and O–H groups in total. The molecule has 0 unspecified atom stereocenters. The molecule has 0 saturated heterocycles. The highest BCUT2D eigenvalue weighted by molar-refractivity contribution is 5.78. The molecule has 2 aromatic rings. The van der Waals surface area contributed by atoms with Crippen molar-refractivity contribution < 1.29 is 4.39 Å². The Balaban J connectivity index is 2.10. The molecule has 2 nitrogen and oxygen atoms in total. The highest BCUT2D eigenvalue weighted by atomic mass is 19.1. The lowest BCUT2D eigenvalue weighted by Crippen LogP contribution is -2.15. The van der Waals surface area contributed by atoms with Crippen molar-refractivity contribution >= 4 is 17.1 Å². The summed E-state index contributed by atoms with van der Waals surface area (Å²) in [7, 11) is 0. The first-order chi connectivity index (χ1) is 8.27. The average molecular weight is 228 g/mol. The van der Waals surface area contributed by atoms with Gasteiger partial charge in [0, 0.05) is 12.2 Å². The first-order valence-electron chi connectivity index (χ1n) is 5.67. The summed E-state index contributed by atoms with van der Waals surface area (Å²) in [5.41, 5.74) is 9.21.